The molecule has 0 unspecified atom stereocenters. The Balaban J connectivity index is 2.11. The number of benzene rings is 2. The second kappa shape index (κ2) is 5.96. The molecule has 0 amide bonds. The van der Waals surface area contributed by atoms with Gasteiger partial charge in [-0.25, -0.2) is 0 Å². The molecule has 18 heavy (non-hydrogen) atoms. The summed E-state index contributed by atoms with van der Waals surface area (Å²) in [6, 6.07) is 11.7. The van der Waals surface area contributed by atoms with Gasteiger partial charge in [-0.15, -0.1) is 0 Å². The second-order valence-electron chi connectivity index (χ2n) is 4.06. The lowest BCUT2D eigenvalue weighted by Crippen LogP contribution is -2.01. The minimum absolute atomic E-state index is 0.716. The van der Waals surface area contributed by atoms with Crippen molar-refractivity contribution < 1.29 is 0 Å². The van der Waals surface area contributed by atoms with Gasteiger partial charge in [0.1, 0.15) is 0 Å². The summed E-state index contributed by atoms with van der Waals surface area (Å²) in [4.78, 5) is 0. The molecule has 0 fully saturated rings. The first-order chi connectivity index (χ1) is 8.56. The van der Waals surface area contributed by atoms with E-state index in [1.54, 1.807) is 0 Å². The van der Waals surface area contributed by atoms with Gasteiger partial charge in [-0.2, -0.15) is 0 Å². The van der Waals surface area contributed by atoms with Crippen molar-refractivity contribution in [1.29, 1.82) is 0 Å². The molecule has 0 aromatic heterocycles. The maximum Gasteiger partial charge on any atom is 0.0551 e. The van der Waals surface area contributed by atoms with Crippen LogP contribution in [-0.2, 0) is 6.54 Å². The normalized spacial score (nSPS) is 10.4. The Bertz CT molecular complexity index is 570. The lowest BCUT2D eigenvalue weighted by atomic mass is 10.2. The monoisotopic (exact) mass is 343 g/mol. The van der Waals surface area contributed by atoms with E-state index in [0.29, 0.717) is 6.54 Å². The number of aryl methyl sites for hydroxylation is 1. The number of rotatable bonds is 3. The largest absolute Gasteiger partial charge is 0.381 e. The maximum absolute atomic E-state index is 6.06. The van der Waals surface area contributed by atoms with E-state index in [1.165, 1.54) is 5.56 Å². The Morgan fingerprint density at radius 1 is 1.11 bits per heavy atom. The summed E-state index contributed by atoms with van der Waals surface area (Å²) in [5, 5.41) is 4.81. The van der Waals surface area contributed by atoms with E-state index in [4.69, 9.17) is 23.2 Å². The van der Waals surface area contributed by atoms with Gasteiger partial charge >= 0.3 is 0 Å². The van der Waals surface area contributed by atoms with Gasteiger partial charge in [0.15, 0.2) is 0 Å². The first-order valence-corrected chi connectivity index (χ1v) is 7.05. The summed E-state index contributed by atoms with van der Waals surface area (Å²) < 4.78 is 0.909. The second-order valence-corrected chi connectivity index (χ2v) is 5.76. The Kier molecular flexibility index (Phi) is 4.55. The fourth-order valence-electron chi connectivity index (χ4n) is 1.63. The zero-order valence-corrected chi connectivity index (χ0v) is 12.9. The quantitative estimate of drug-likeness (QED) is 0.755. The van der Waals surface area contributed by atoms with Crippen LogP contribution in [0.2, 0.25) is 10.0 Å². The Morgan fingerprint density at radius 3 is 2.61 bits per heavy atom. The van der Waals surface area contributed by atoms with Crippen LogP contribution >= 0.6 is 39.1 Å². The molecule has 0 aliphatic carbocycles. The number of nitrogens with one attached hydrogen (secondary N) is 1. The molecule has 2 aromatic carbocycles. The van der Waals surface area contributed by atoms with Gasteiger partial charge in [-0.3, -0.25) is 0 Å². The van der Waals surface area contributed by atoms with Crippen LogP contribution in [0.4, 0.5) is 5.69 Å². The average Bonchev–Trinajstić information content (AvgIpc) is 2.34. The summed E-state index contributed by atoms with van der Waals surface area (Å²) in [5.74, 6) is 0. The molecule has 0 atom stereocenters. The molecule has 4 heteroatoms. The molecule has 0 spiro atoms. The van der Waals surface area contributed by atoms with E-state index < -0.39 is 0 Å². The molecule has 2 rings (SSSR count). The van der Waals surface area contributed by atoms with Crippen LogP contribution in [0.25, 0.3) is 0 Å². The molecule has 0 aliphatic heterocycles. The molecule has 0 saturated carbocycles. The third-order valence-electron chi connectivity index (χ3n) is 2.67. The lowest BCUT2D eigenvalue weighted by Gasteiger charge is -2.10. The topological polar surface area (TPSA) is 12.0 Å². The van der Waals surface area contributed by atoms with Gasteiger partial charge in [0.05, 0.1) is 5.02 Å². The first-order valence-electron chi connectivity index (χ1n) is 5.50. The number of hydrogen-bond donors (Lipinski definition) is 1. The lowest BCUT2D eigenvalue weighted by molar-refractivity contribution is 1.14. The van der Waals surface area contributed by atoms with Gasteiger partial charge in [-0.1, -0.05) is 35.3 Å². The molecule has 94 valence electrons. The van der Waals surface area contributed by atoms with Crippen LogP contribution in [0.15, 0.2) is 40.9 Å². The Hall–Kier alpha value is -0.700. The molecule has 0 radical (unpaired) electrons. The van der Waals surface area contributed by atoms with Crippen molar-refractivity contribution in [3.8, 4) is 0 Å². The first kappa shape index (κ1) is 13.7. The summed E-state index contributed by atoms with van der Waals surface area (Å²) in [5.41, 5.74) is 3.34. The van der Waals surface area contributed by atoms with Crippen LogP contribution in [0.1, 0.15) is 11.1 Å². The zero-order valence-electron chi connectivity index (χ0n) is 9.81. The van der Waals surface area contributed by atoms with Gasteiger partial charge in [0.2, 0.25) is 0 Å². The highest BCUT2D eigenvalue weighted by Gasteiger charge is 2.02. The van der Waals surface area contributed by atoms with Crippen molar-refractivity contribution in [2.24, 2.45) is 0 Å². The zero-order chi connectivity index (χ0) is 13.1. The standard InChI is InChI=1S/C14H12BrCl2N/c1-9-2-4-11(16)7-14(9)18-8-10-3-5-12(15)13(17)6-10/h2-7,18H,8H2,1H3. The summed E-state index contributed by atoms with van der Waals surface area (Å²) in [7, 11) is 0. The molecule has 1 N–H and O–H groups in total. The molecule has 2 aromatic rings. The van der Waals surface area contributed by atoms with Crippen molar-refractivity contribution in [3.05, 3.63) is 62.0 Å². The summed E-state index contributed by atoms with van der Waals surface area (Å²) in [6.07, 6.45) is 0. The van der Waals surface area contributed by atoms with Crippen LogP contribution in [0.5, 0.6) is 0 Å². The fourth-order valence-corrected chi connectivity index (χ4v) is 2.25. The molecule has 0 heterocycles. The van der Waals surface area contributed by atoms with Gasteiger partial charge < -0.3 is 5.32 Å². The predicted molar refractivity (Wildman–Crippen MR) is 82.7 cm³/mol. The van der Waals surface area contributed by atoms with E-state index in [2.05, 4.69) is 21.2 Å². The van der Waals surface area contributed by atoms with E-state index >= 15 is 0 Å². The van der Waals surface area contributed by atoms with Crippen molar-refractivity contribution in [2.45, 2.75) is 13.5 Å². The van der Waals surface area contributed by atoms with E-state index in [-0.39, 0.29) is 0 Å². The van der Waals surface area contributed by atoms with Gasteiger partial charge in [0.25, 0.3) is 0 Å². The van der Waals surface area contributed by atoms with Crippen molar-refractivity contribution >= 4 is 44.8 Å². The van der Waals surface area contributed by atoms with Crippen LogP contribution in [0.3, 0.4) is 0 Å². The highest BCUT2D eigenvalue weighted by atomic mass is 79.9. The summed E-state index contributed by atoms with van der Waals surface area (Å²) in [6.45, 7) is 2.77. The average molecular weight is 345 g/mol. The molecular weight excluding hydrogens is 333 g/mol. The predicted octanol–water partition coefficient (Wildman–Crippen LogP) is 5.68. The van der Waals surface area contributed by atoms with Crippen LogP contribution in [-0.4, -0.2) is 0 Å². The molecule has 0 saturated heterocycles. The minimum Gasteiger partial charge on any atom is -0.381 e. The third-order valence-corrected chi connectivity index (χ3v) is 4.13. The Labute approximate surface area is 125 Å². The number of halogens is 3. The maximum atomic E-state index is 6.06. The van der Waals surface area contributed by atoms with Crippen LogP contribution in [0, 0.1) is 6.92 Å². The van der Waals surface area contributed by atoms with E-state index in [1.807, 2.05) is 43.3 Å². The van der Waals surface area contributed by atoms with Gasteiger partial charge in [0, 0.05) is 21.7 Å². The highest BCUT2D eigenvalue weighted by molar-refractivity contribution is 9.10. The summed E-state index contributed by atoms with van der Waals surface area (Å²) >= 11 is 15.4. The SMILES string of the molecule is Cc1ccc(Cl)cc1NCc1ccc(Br)c(Cl)c1. The van der Waals surface area contributed by atoms with Crippen molar-refractivity contribution in [2.75, 3.05) is 5.32 Å². The molecule has 0 bridgehead atoms. The smallest absolute Gasteiger partial charge is 0.0551 e. The number of anilines is 1. The van der Waals surface area contributed by atoms with Crippen molar-refractivity contribution in [3.63, 3.8) is 0 Å². The minimum atomic E-state index is 0.716. The number of hydrogen-bond acceptors (Lipinski definition) is 1. The van der Waals surface area contributed by atoms with Gasteiger partial charge in [-0.05, 0) is 58.2 Å². The third kappa shape index (κ3) is 3.41. The van der Waals surface area contributed by atoms with Crippen LogP contribution < -0.4 is 5.32 Å². The van der Waals surface area contributed by atoms with Crippen molar-refractivity contribution in [1.82, 2.24) is 0 Å². The molecule has 0 aliphatic rings. The Morgan fingerprint density at radius 2 is 1.89 bits per heavy atom. The molecule has 1 nitrogen and oxygen atoms in total. The molecular formula is C14H12BrCl2N. The van der Waals surface area contributed by atoms with E-state index in [0.717, 1.165) is 25.8 Å². The van der Waals surface area contributed by atoms with E-state index in [9.17, 15) is 0 Å². The highest BCUT2D eigenvalue weighted by Crippen LogP contribution is 2.25. The fraction of sp³-hybridized carbons (Fsp3) is 0.143.